The summed E-state index contributed by atoms with van der Waals surface area (Å²) in [6.45, 7) is 8.36. The lowest BCUT2D eigenvalue weighted by molar-refractivity contribution is -0.0245. The van der Waals surface area contributed by atoms with Crippen molar-refractivity contribution >= 4 is 33.2 Å². The van der Waals surface area contributed by atoms with Gasteiger partial charge in [-0.2, -0.15) is 0 Å². The number of rotatable bonds is 4. The highest BCUT2D eigenvalue weighted by molar-refractivity contribution is 9.11. The summed E-state index contributed by atoms with van der Waals surface area (Å²) in [5, 5.41) is 2.95. The maximum atomic E-state index is 12.0. The van der Waals surface area contributed by atoms with E-state index < -0.39 is 0 Å². The van der Waals surface area contributed by atoms with Crippen LogP contribution in [0.4, 0.5) is 0 Å². The van der Waals surface area contributed by atoms with Crippen LogP contribution in [0.15, 0.2) is 9.85 Å². The minimum atomic E-state index is -0.0176. The van der Waals surface area contributed by atoms with Crippen molar-refractivity contribution < 1.29 is 9.53 Å². The van der Waals surface area contributed by atoms with E-state index >= 15 is 0 Å². The minimum Gasteiger partial charge on any atom is -0.374 e. The zero-order chi connectivity index (χ0) is 13.8. The van der Waals surface area contributed by atoms with Crippen LogP contribution in [0.25, 0.3) is 0 Å². The number of aryl methyl sites for hydroxylation is 1. The first-order chi connectivity index (χ1) is 9.10. The molecule has 0 spiro atoms. The van der Waals surface area contributed by atoms with E-state index in [-0.39, 0.29) is 12.0 Å². The molecule has 1 aromatic rings. The minimum absolute atomic E-state index is 0.0176. The number of morpholine rings is 1. The second-order valence-electron chi connectivity index (χ2n) is 4.66. The van der Waals surface area contributed by atoms with E-state index in [1.165, 1.54) is 11.3 Å². The van der Waals surface area contributed by atoms with Crippen LogP contribution in [0.3, 0.4) is 0 Å². The van der Waals surface area contributed by atoms with Gasteiger partial charge in [-0.25, -0.2) is 0 Å². The summed E-state index contributed by atoms with van der Waals surface area (Å²) in [5.74, 6) is -0.0176. The Morgan fingerprint density at radius 2 is 2.47 bits per heavy atom. The molecule has 1 amide bonds. The average Bonchev–Trinajstić information content (AvgIpc) is 2.76. The fraction of sp³-hybridized carbons (Fsp3) is 0.615. The second kappa shape index (κ2) is 6.83. The van der Waals surface area contributed by atoms with Gasteiger partial charge in [0.05, 0.1) is 21.4 Å². The summed E-state index contributed by atoms with van der Waals surface area (Å²) in [7, 11) is 0. The third kappa shape index (κ3) is 4.02. The molecule has 106 valence electrons. The van der Waals surface area contributed by atoms with Gasteiger partial charge >= 0.3 is 0 Å². The second-order valence-corrected chi connectivity index (χ2v) is 7.03. The first-order valence-electron chi connectivity index (χ1n) is 6.48. The number of hydrogen-bond acceptors (Lipinski definition) is 4. The van der Waals surface area contributed by atoms with Gasteiger partial charge in [-0.15, -0.1) is 11.3 Å². The van der Waals surface area contributed by atoms with Gasteiger partial charge < -0.3 is 10.1 Å². The molecule has 1 fully saturated rings. The third-order valence-corrected chi connectivity index (χ3v) is 5.38. The van der Waals surface area contributed by atoms with Crippen molar-refractivity contribution in [2.24, 2.45) is 0 Å². The molecule has 0 aliphatic carbocycles. The normalized spacial score (nSPS) is 20.5. The van der Waals surface area contributed by atoms with Crippen molar-refractivity contribution in [2.45, 2.75) is 20.0 Å². The van der Waals surface area contributed by atoms with Crippen LogP contribution in [0, 0.1) is 6.92 Å². The summed E-state index contributed by atoms with van der Waals surface area (Å²) in [6, 6.07) is 1.91. The average molecular weight is 347 g/mol. The molecular formula is C13H19BrN2O2S. The van der Waals surface area contributed by atoms with Crippen molar-refractivity contribution in [1.29, 1.82) is 0 Å². The molecule has 1 aliphatic rings. The van der Waals surface area contributed by atoms with Gasteiger partial charge in [0.15, 0.2) is 0 Å². The lowest BCUT2D eigenvalue weighted by Gasteiger charge is -2.32. The number of nitrogens with one attached hydrogen (secondary N) is 1. The Morgan fingerprint density at radius 1 is 1.68 bits per heavy atom. The van der Waals surface area contributed by atoms with E-state index in [1.54, 1.807) is 0 Å². The van der Waals surface area contributed by atoms with Crippen molar-refractivity contribution in [2.75, 3.05) is 32.8 Å². The number of amides is 1. The Bertz CT molecular complexity index is 430. The maximum Gasteiger partial charge on any atom is 0.261 e. The van der Waals surface area contributed by atoms with E-state index in [9.17, 15) is 4.79 Å². The summed E-state index contributed by atoms with van der Waals surface area (Å²) < 4.78 is 6.68. The Hall–Kier alpha value is -0.430. The highest BCUT2D eigenvalue weighted by Crippen LogP contribution is 2.27. The Balaban J connectivity index is 1.83. The number of hydrogen-bond donors (Lipinski definition) is 1. The number of carbonyl (C=O) groups excluding carboxylic acids is 1. The van der Waals surface area contributed by atoms with Crippen molar-refractivity contribution in [3.8, 4) is 0 Å². The molecule has 1 aliphatic heterocycles. The molecular weight excluding hydrogens is 328 g/mol. The zero-order valence-electron chi connectivity index (χ0n) is 11.2. The van der Waals surface area contributed by atoms with Crippen LogP contribution in [0.1, 0.15) is 22.2 Å². The molecule has 2 heterocycles. The van der Waals surface area contributed by atoms with Gasteiger partial charge in [0.1, 0.15) is 0 Å². The van der Waals surface area contributed by atoms with Gasteiger partial charge in [-0.3, -0.25) is 9.69 Å². The molecule has 1 atom stereocenters. The molecule has 0 aromatic carbocycles. The van der Waals surface area contributed by atoms with E-state index in [0.717, 1.165) is 40.5 Å². The molecule has 1 unspecified atom stereocenters. The van der Waals surface area contributed by atoms with Gasteiger partial charge in [0.2, 0.25) is 0 Å². The highest BCUT2D eigenvalue weighted by atomic mass is 79.9. The van der Waals surface area contributed by atoms with Crippen molar-refractivity contribution in [1.82, 2.24) is 10.2 Å². The number of likely N-dealkylation sites (N-methyl/N-ethyl adjacent to an activating group) is 1. The number of halogens is 1. The summed E-state index contributed by atoms with van der Waals surface area (Å²) in [6.07, 6.45) is 0.0992. The number of nitrogens with zero attached hydrogens (tertiary/aromatic N) is 1. The molecule has 0 radical (unpaired) electrons. The topological polar surface area (TPSA) is 41.6 Å². The Labute approximate surface area is 126 Å². The van der Waals surface area contributed by atoms with Crippen LogP contribution in [0.2, 0.25) is 0 Å². The molecule has 1 aromatic heterocycles. The lowest BCUT2D eigenvalue weighted by Crippen LogP contribution is -2.47. The first-order valence-corrected chi connectivity index (χ1v) is 8.09. The smallest absolute Gasteiger partial charge is 0.261 e. The maximum absolute atomic E-state index is 12.0. The van der Waals surface area contributed by atoms with Crippen LogP contribution in [0.5, 0.6) is 0 Å². The molecule has 2 rings (SSSR count). The summed E-state index contributed by atoms with van der Waals surface area (Å²) >= 11 is 4.90. The monoisotopic (exact) mass is 346 g/mol. The molecule has 0 bridgehead atoms. The number of ether oxygens (including phenoxy) is 1. The van der Waals surface area contributed by atoms with E-state index in [4.69, 9.17) is 4.74 Å². The third-order valence-electron chi connectivity index (χ3n) is 3.24. The van der Waals surface area contributed by atoms with E-state index in [0.29, 0.717) is 6.54 Å². The molecule has 4 nitrogen and oxygen atoms in total. The van der Waals surface area contributed by atoms with Crippen LogP contribution < -0.4 is 5.32 Å². The van der Waals surface area contributed by atoms with E-state index in [2.05, 4.69) is 33.1 Å². The fourth-order valence-electron chi connectivity index (χ4n) is 2.06. The standard InChI is InChI=1S/C13H19BrN2O2S/c1-3-16-4-5-18-10(8-16)7-15-13(17)11-6-9(2)12(14)19-11/h6,10H,3-5,7-8H2,1-2H3,(H,15,17). The molecule has 0 saturated carbocycles. The molecule has 19 heavy (non-hydrogen) atoms. The van der Waals surface area contributed by atoms with E-state index in [1.807, 2.05) is 13.0 Å². The van der Waals surface area contributed by atoms with Gasteiger partial charge in [0, 0.05) is 19.6 Å². The number of thiophene rings is 1. The fourth-order valence-corrected chi connectivity index (χ4v) is 3.51. The predicted octanol–water partition coefficient (Wildman–Crippen LogP) is 2.27. The Morgan fingerprint density at radius 3 is 3.11 bits per heavy atom. The quantitative estimate of drug-likeness (QED) is 0.909. The largest absolute Gasteiger partial charge is 0.374 e. The van der Waals surface area contributed by atoms with Gasteiger partial charge in [-0.1, -0.05) is 6.92 Å². The SMILES string of the molecule is CCN1CCOC(CNC(=O)c2cc(C)c(Br)s2)C1. The molecule has 1 N–H and O–H groups in total. The van der Waals surface area contributed by atoms with Crippen molar-refractivity contribution in [3.05, 3.63) is 20.3 Å². The molecule has 1 saturated heterocycles. The predicted molar refractivity (Wildman–Crippen MR) is 80.9 cm³/mol. The van der Waals surface area contributed by atoms with Crippen LogP contribution in [-0.2, 0) is 4.74 Å². The number of carbonyl (C=O) groups is 1. The lowest BCUT2D eigenvalue weighted by atomic mass is 10.2. The van der Waals surface area contributed by atoms with Crippen LogP contribution >= 0.6 is 27.3 Å². The van der Waals surface area contributed by atoms with Gasteiger partial charge in [0.25, 0.3) is 5.91 Å². The van der Waals surface area contributed by atoms with Crippen LogP contribution in [-0.4, -0.2) is 49.7 Å². The summed E-state index contributed by atoms with van der Waals surface area (Å²) in [4.78, 5) is 15.1. The van der Waals surface area contributed by atoms with Gasteiger partial charge in [-0.05, 0) is 41.0 Å². The highest BCUT2D eigenvalue weighted by Gasteiger charge is 2.20. The summed E-state index contributed by atoms with van der Waals surface area (Å²) in [5.41, 5.74) is 1.10. The molecule has 6 heteroatoms. The van der Waals surface area contributed by atoms with Crippen molar-refractivity contribution in [3.63, 3.8) is 0 Å². The zero-order valence-corrected chi connectivity index (χ0v) is 13.6. The first kappa shape index (κ1) is 15.0. The Kier molecular flexibility index (Phi) is 5.38.